The van der Waals surface area contributed by atoms with Crippen molar-refractivity contribution in [2.45, 2.75) is 20.8 Å². The first-order valence-electron chi connectivity index (χ1n) is 9.80. The first-order chi connectivity index (χ1) is 13.4. The van der Waals surface area contributed by atoms with E-state index >= 15 is 0 Å². The summed E-state index contributed by atoms with van der Waals surface area (Å²) in [6.45, 7) is 6.34. The van der Waals surface area contributed by atoms with Gasteiger partial charge in [-0.2, -0.15) is 0 Å². The van der Waals surface area contributed by atoms with E-state index in [4.69, 9.17) is 2.74 Å². The summed E-state index contributed by atoms with van der Waals surface area (Å²) < 4.78 is 18.9. The minimum Gasteiger partial charge on any atom is -0.264 e. The van der Waals surface area contributed by atoms with Crippen LogP contribution in [0.5, 0.6) is 0 Å². The Morgan fingerprint density at radius 2 is 1.85 bits per heavy atom. The van der Waals surface area contributed by atoms with Crippen LogP contribution in [0.15, 0.2) is 67.1 Å². The Morgan fingerprint density at radius 1 is 1.00 bits per heavy atom. The molecular weight excluding hydrogens is 316 g/mol. The fourth-order valence-corrected chi connectivity index (χ4v) is 3.56. The lowest BCUT2D eigenvalue weighted by Crippen LogP contribution is -2.30. The quantitative estimate of drug-likeness (QED) is 0.451. The van der Waals surface area contributed by atoms with Crippen molar-refractivity contribution in [1.82, 2.24) is 4.98 Å². The van der Waals surface area contributed by atoms with Crippen LogP contribution in [-0.4, -0.2) is 4.98 Å². The third kappa shape index (κ3) is 2.78. The van der Waals surface area contributed by atoms with Crippen LogP contribution >= 0.6 is 0 Å². The molecule has 0 atom stereocenters. The van der Waals surface area contributed by atoms with Crippen LogP contribution < -0.4 is 4.57 Å². The van der Waals surface area contributed by atoms with E-state index in [1.165, 1.54) is 16.7 Å². The largest absolute Gasteiger partial charge is 0.264 e. The van der Waals surface area contributed by atoms with Crippen molar-refractivity contribution < 1.29 is 7.31 Å². The van der Waals surface area contributed by atoms with E-state index in [1.807, 2.05) is 36.0 Å². The summed E-state index contributed by atoms with van der Waals surface area (Å²) in [6, 6.07) is 14.7. The molecule has 26 heavy (non-hydrogen) atoms. The standard InChI is InChI=1S/C24H23N2/c1-16-12-17(2)18(3)23(13-16)24-22-8-7-19(21-6-5-10-25-15-21)14-20(22)9-11-26(24)4/h5-15H,1-4H3/q+1/i9D,11D. The number of nitrogens with zero attached hydrogens (tertiary/aromatic N) is 2. The maximum atomic E-state index is 8.56. The van der Waals surface area contributed by atoms with E-state index in [2.05, 4.69) is 50.0 Å². The van der Waals surface area contributed by atoms with Crippen LogP contribution in [0.4, 0.5) is 0 Å². The highest BCUT2D eigenvalue weighted by molar-refractivity contribution is 5.96. The lowest BCUT2D eigenvalue weighted by atomic mass is 9.93. The first kappa shape index (κ1) is 14.2. The summed E-state index contributed by atoms with van der Waals surface area (Å²) in [5.74, 6) is 0. The molecule has 2 nitrogen and oxygen atoms in total. The molecule has 0 aliphatic heterocycles. The molecule has 2 heteroatoms. The van der Waals surface area contributed by atoms with Crippen LogP contribution in [0.2, 0.25) is 0 Å². The van der Waals surface area contributed by atoms with Gasteiger partial charge in [0.15, 0.2) is 6.17 Å². The first-order valence-corrected chi connectivity index (χ1v) is 8.80. The van der Waals surface area contributed by atoms with Gasteiger partial charge in [0.1, 0.15) is 8.42 Å². The topological polar surface area (TPSA) is 16.8 Å². The number of aryl methyl sites for hydroxylation is 2. The molecule has 2 aromatic heterocycles. The second kappa shape index (κ2) is 6.38. The number of rotatable bonds is 2. The van der Waals surface area contributed by atoms with Crippen molar-refractivity contribution in [3.8, 4) is 22.4 Å². The van der Waals surface area contributed by atoms with Crippen LogP contribution in [0.3, 0.4) is 0 Å². The molecule has 0 saturated heterocycles. The predicted molar refractivity (Wildman–Crippen MR) is 108 cm³/mol. The van der Waals surface area contributed by atoms with Crippen LogP contribution in [0, 0.1) is 20.8 Å². The summed E-state index contributed by atoms with van der Waals surface area (Å²) in [4.78, 5) is 4.20. The third-order valence-electron chi connectivity index (χ3n) is 5.03. The van der Waals surface area contributed by atoms with E-state index in [9.17, 15) is 0 Å². The Labute approximate surface area is 157 Å². The number of hydrogen-bond donors (Lipinski definition) is 0. The van der Waals surface area contributed by atoms with Gasteiger partial charge in [-0.25, -0.2) is 4.57 Å². The fourth-order valence-electron chi connectivity index (χ4n) is 3.56. The molecule has 0 saturated carbocycles. The molecule has 0 aliphatic carbocycles. The van der Waals surface area contributed by atoms with E-state index in [0.29, 0.717) is 0 Å². The van der Waals surface area contributed by atoms with Crippen LogP contribution in [-0.2, 0) is 7.05 Å². The number of hydrogen-bond acceptors (Lipinski definition) is 1. The van der Waals surface area contributed by atoms with Gasteiger partial charge in [-0.05, 0) is 67.1 Å². The Hall–Kier alpha value is -3.00. The molecule has 0 radical (unpaired) electrons. The molecule has 0 bridgehead atoms. The van der Waals surface area contributed by atoms with Crippen molar-refractivity contribution in [3.63, 3.8) is 0 Å². The zero-order valence-electron chi connectivity index (χ0n) is 17.6. The maximum Gasteiger partial charge on any atom is 0.220 e. The lowest BCUT2D eigenvalue weighted by Gasteiger charge is -2.12. The monoisotopic (exact) mass is 341 g/mol. The molecule has 0 unspecified atom stereocenters. The molecule has 2 heterocycles. The van der Waals surface area contributed by atoms with Crippen molar-refractivity contribution in [2.24, 2.45) is 7.05 Å². The fraction of sp³-hybridized carbons (Fsp3) is 0.167. The van der Waals surface area contributed by atoms with Gasteiger partial charge in [0, 0.05) is 24.0 Å². The number of aromatic nitrogens is 2. The van der Waals surface area contributed by atoms with Gasteiger partial charge < -0.3 is 0 Å². The predicted octanol–water partition coefficient (Wildman–Crippen LogP) is 5.32. The zero-order valence-corrected chi connectivity index (χ0v) is 15.6. The molecule has 0 amide bonds. The highest BCUT2D eigenvalue weighted by Crippen LogP contribution is 2.32. The molecule has 0 spiro atoms. The van der Waals surface area contributed by atoms with Crippen LogP contribution in [0.25, 0.3) is 33.2 Å². The van der Waals surface area contributed by atoms with Crippen molar-refractivity contribution in [3.05, 3.63) is 83.8 Å². The molecule has 2 aromatic carbocycles. The Bertz CT molecular complexity index is 1210. The number of pyridine rings is 2. The van der Waals surface area contributed by atoms with Gasteiger partial charge >= 0.3 is 0 Å². The summed E-state index contributed by atoms with van der Waals surface area (Å²) in [6.07, 6.45) is 3.79. The summed E-state index contributed by atoms with van der Waals surface area (Å²) in [5.41, 5.74) is 7.75. The smallest absolute Gasteiger partial charge is 0.220 e. The lowest BCUT2D eigenvalue weighted by molar-refractivity contribution is -0.659. The highest BCUT2D eigenvalue weighted by Gasteiger charge is 2.18. The van der Waals surface area contributed by atoms with Gasteiger partial charge in [-0.15, -0.1) is 0 Å². The summed E-state index contributed by atoms with van der Waals surface area (Å²) in [5, 5.41) is 1.78. The SMILES string of the molecule is [2H]c1c([2H])[n+](C)c(-c2cc(C)cc(C)c2C)c2ccc(-c3cccnc3)cc12. The normalized spacial score (nSPS) is 12.2. The Balaban J connectivity index is 2.08. The second-order valence-electron chi connectivity index (χ2n) is 6.90. The maximum absolute atomic E-state index is 8.56. The molecule has 4 aromatic rings. The average Bonchev–Trinajstić information content (AvgIpc) is 2.70. The molecular formula is C24H23N2+. The highest BCUT2D eigenvalue weighted by atomic mass is 14.9. The second-order valence-corrected chi connectivity index (χ2v) is 6.90. The molecule has 0 N–H and O–H groups in total. The number of benzene rings is 2. The summed E-state index contributed by atoms with van der Waals surface area (Å²) >= 11 is 0. The summed E-state index contributed by atoms with van der Waals surface area (Å²) in [7, 11) is 1.88. The van der Waals surface area contributed by atoms with E-state index in [0.717, 1.165) is 33.2 Å². The zero-order chi connectivity index (χ0) is 20.0. The van der Waals surface area contributed by atoms with Crippen molar-refractivity contribution in [1.29, 1.82) is 0 Å². The van der Waals surface area contributed by atoms with Crippen molar-refractivity contribution in [2.75, 3.05) is 0 Å². The van der Waals surface area contributed by atoms with Gasteiger partial charge in [0.05, 0.1) is 12.3 Å². The Morgan fingerprint density at radius 3 is 2.62 bits per heavy atom. The third-order valence-corrected chi connectivity index (χ3v) is 5.03. The minimum atomic E-state index is 0.212. The van der Waals surface area contributed by atoms with E-state index in [1.54, 1.807) is 6.20 Å². The Kier molecular flexibility index (Phi) is 3.48. The molecule has 4 rings (SSSR count). The van der Waals surface area contributed by atoms with Crippen molar-refractivity contribution >= 4 is 10.8 Å². The van der Waals surface area contributed by atoms with E-state index in [-0.39, 0.29) is 12.2 Å². The average molecular weight is 341 g/mol. The minimum absolute atomic E-state index is 0.212. The number of fused-ring (bicyclic) bond motifs is 1. The van der Waals surface area contributed by atoms with Gasteiger partial charge in [0.25, 0.3) is 0 Å². The van der Waals surface area contributed by atoms with Gasteiger partial charge in [-0.1, -0.05) is 23.8 Å². The van der Waals surface area contributed by atoms with Crippen LogP contribution in [0.1, 0.15) is 19.4 Å². The van der Waals surface area contributed by atoms with Gasteiger partial charge in [-0.3, -0.25) is 4.98 Å². The van der Waals surface area contributed by atoms with E-state index < -0.39 is 0 Å². The molecule has 128 valence electrons. The molecule has 0 fully saturated rings. The molecule has 0 aliphatic rings. The van der Waals surface area contributed by atoms with Gasteiger partial charge in [0.2, 0.25) is 5.69 Å².